The lowest BCUT2D eigenvalue weighted by Gasteiger charge is -2.22. The molecule has 3 aromatic rings. The summed E-state index contributed by atoms with van der Waals surface area (Å²) in [5.41, 5.74) is 2.36. The van der Waals surface area contributed by atoms with E-state index in [-0.39, 0.29) is 4.87 Å². The van der Waals surface area contributed by atoms with Crippen LogP contribution in [-0.2, 0) is 21.9 Å². The molecule has 0 aliphatic rings. The Morgan fingerprint density at radius 2 is 1.96 bits per heavy atom. The molecule has 3 rings (SSSR count). The third-order valence-corrected chi connectivity index (χ3v) is 6.75. The number of thiazole rings is 1. The SMILES string of the molecule is Cc1ccc(N(CC(=O)Nc2ccc3c(c2)sc(=O)n3C)S(C)(=O)=O)cc1Cl. The summed E-state index contributed by atoms with van der Waals surface area (Å²) >= 11 is 7.17. The Balaban J connectivity index is 1.84. The fraction of sp³-hybridized carbons (Fsp3) is 0.222. The van der Waals surface area contributed by atoms with E-state index in [0.717, 1.165) is 37.7 Å². The molecule has 1 amide bonds. The molecule has 0 atom stereocenters. The molecule has 0 unspecified atom stereocenters. The number of rotatable bonds is 5. The number of hydrogen-bond donors (Lipinski definition) is 1. The van der Waals surface area contributed by atoms with Crippen molar-refractivity contribution >= 4 is 60.5 Å². The predicted octanol–water partition coefficient (Wildman–Crippen LogP) is 2.97. The second-order valence-electron chi connectivity index (χ2n) is 6.36. The van der Waals surface area contributed by atoms with Crippen LogP contribution in [0.2, 0.25) is 5.02 Å². The highest BCUT2D eigenvalue weighted by Gasteiger charge is 2.21. The number of benzene rings is 2. The van der Waals surface area contributed by atoms with Crippen LogP contribution in [0.1, 0.15) is 5.56 Å². The molecule has 2 aromatic carbocycles. The van der Waals surface area contributed by atoms with Crippen molar-refractivity contribution in [3.05, 3.63) is 56.7 Å². The molecule has 28 heavy (non-hydrogen) atoms. The van der Waals surface area contributed by atoms with Crippen LogP contribution in [0, 0.1) is 6.92 Å². The number of hydrogen-bond acceptors (Lipinski definition) is 5. The first kappa shape index (κ1) is 20.4. The molecule has 1 N–H and O–H groups in total. The second-order valence-corrected chi connectivity index (χ2v) is 9.67. The van der Waals surface area contributed by atoms with Crippen molar-refractivity contribution in [2.24, 2.45) is 7.05 Å². The van der Waals surface area contributed by atoms with Gasteiger partial charge in [-0.2, -0.15) is 0 Å². The van der Waals surface area contributed by atoms with Crippen molar-refractivity contribution in [1.82, 2.24) is 4.57 Å². The van der Waals surface area contributed by atoms with E-state index < -0.39 is 22.5 Å². The summed E-state index contributed by atoms with van der Waals surface area (Å²) in [4.78, 5) is 24.1. The van der Waals surface area contributed by atoms with Crippen LogP contribution >= 0.6 is 22.9 Å². The quantitative estimate of drug-likeness (QED) is 0.661. The first-order valence-corrected chi connectivity index (χ1v) is 11.2. The maximum atomic E-state index is 12.5. The Bertz CT molecular complexity index is 1230. The third-order valence-electron chi connectivity index (χ3n) is 4.21. The summed E-state index contributed by atoms with van der Waals surface area (Å²) in [5.74, 6) is -0.509. The average molecular weight is 440 g/mol. The van der Waals surface area contributed by atoms with E-state index in [0.29, 0.717) is 16.4 Å². The van der Waals surface area contributed by atoms with Gasteiger partial charge < -0.3 is 9.88 Å². The minimum Gasteiger partial charge on any atom is -0.324 e. The van der Waals surface area contributed by atoms with Gasteiger partial charge in [-0.05, 0) is 42.8 Å². The zero-order chi connectivity index (χ0) is 20.6. The van der Waals surface area contributed by atoms with Crippen LogP contribution in [-0.4, -0.2) is 31.7 Å². The van der Waals surface area contributed by atoms with E-state index in [9.17, 15) is 18.0 Å². The topological polar surface area (TPSA) is 88.5 Å². The standard InChI is InChI=1S/C18H18ClN3O4S2/c1-11-4-6-13(9-14(11)19)22(28(3,25)26)10-17(23)20-12-5-7-15-16(8-12)27-18(24)21(15)2/h4-9H,10H2,1-3H3,(H,20,23). The van der Waals surface area contributed by atoms with Gasteiger partial charge in [-0.3, -0.25) is 13.9 Å². The van der Waals surface area contributed by atoms with E-state index in [1.165, 1.54) is 10.6 Å². The van der Waals surface area contributed by atoms with E-state index in [2.05, 4.69) is 5.32 Å². The first-order valence-electron chi connectivity index (χ1n) is 8.19. The van der Waals surface area contributed by atoms with Crippen molar-refractivity contribution < 1.29 is 13.2 Å². The third kappa shape index (κ3) is 4.21. The van der Waals surface area contributed by atoms with Gasteiger partial charge in [0.25, 0.3) is 0 Å². The van der Waals surface area contributed by atoms with Crippen LogP contribution in [0.25, 0.3) is 10.2 Å². The largest absolute Gasteiger partial charge is 0.324 e. The molecular weight excluding hydrogens is 422 g/mol. The molecular formula is C18H18ClN3O4S2. The number of anilines is 2. The number of halogens is 1. The average Bonchev–Trinajstić information content (AvgIpc) is 2.88. The fourth-order valence-corrected chi connectivity index (χ4v) is 4.62. The summed E-state index contributed by atoms with van der Waals surface area (Å²) in [6.07, 6.45) is 1.03. The summed E-state index contributed by atoms with van der Waals surface area (Å²) in [5, 5.41) is 3.09. The number of nitrogens with zero attached hydrogens (tertiary/aromatic N) is 2. The molecule has 0 spiro atoms. The molecule has 0 fully saturated rings. The lowest BCUT2D eigenvalue weighted by molar-refractivity contribution is -0.114. The molecule has 1 aromatic heterocycles. The van der Waals surface area contributed by atoms with Crippen LogP contribution in [0.3, 0.4) is 0 Å². The highest BCUT2D eigenvalue weighted by atomic mass is 35.5. The van der Waals surface area contributed by atoms with Crippen LogP contribution in [0.4, 0.5) is 11.4 Å². The number of carbonyl (C=O) groups excluding carboxylic acids is 1. The zero-order valence-corrected chi connectivity index (χ0v) is 17.8. The van der Waals surface area contributed by atoms with Crippen LogP contribution in [0.15, 0.2) is 41.2 Å². The number of aryl methyl sites for hydroxylation is 2. The summed E-state index contributed by atoms with van der Waals surface area (Å²) < 4.78 is 27.6. The predicted molar refractivity (Wildman–Crippen MR) is 114 cm³/mol. The summed E-state index contributed by atoms with van der Waals surface area (Å²) in [6, 6.07) is 9.89. The van der Waals surface area contributed by atoms with Crippen molar-refractivity contribution in [3.63, 3.8) is 0 Å². The Morgan fingerprint density at radius 3 is 2.61 bits per heavy atom. The minimum absolute atomic E-state index is 0.0991. The van der Waals surface area contributed by atoms with E-state index in [1.807, 2.05) is 0 Å². The molecule has 148 valence electrons. The Kier molecular flexibility index (Phi) is 5.51. The Morgan fingerprint density at radius 1 is 1.25 bits per heavy atom. The molecule has 1 heterocycles. The highest BCUT2D eigenvalue weighted by Crippen LogP contribution is 2.25. The van der Waals surface area contributed by atoms with Gasteiger partial charge in [0, 0.05) is 17.8 Å². The van der Waals surface area contributed by atoms with Crippen molar-refractivity contribution in [2.45, 2.75) is 6.92 Å². The highest BCUT2D eigenvalue weighted by molar-refractivity contribution is 7.92. The number of carbonyl (C=O) groups is 1. The molecule has 0 bridgehead atoms. The first-order chi connectivity index (χ1) is 13.1. The number of aromatic nitrogens is 1. The number of fused-ring (bicyclic) bond motifs is 1. The number of sulfonamides is 1. The minimum atomic E-state index is -3.70. The van der Waals surface area contributed by atoms with Gasteiger partial charge in [-0.25, -0.2) is 8.42 Å². The van der Waals surface area contributed by atoms with Gasteiger partial charge in [-0.15, -0.1) is 0 Å². The second kappa shape index (κ2) is 7.57. The maximum Gasteiger partial charge on any atom is 0.307 e. The van der Waals surface area contributed by atoms with Gasteiger partial charge in [0.2, 0.25) is 15.9 Å². The monoisotopic (exact) mass is 439 g/mol. The van der Waals surface area contributed by atoms with Crippen LogP contribution in [0.5, 0.6) is 0 Å². The Hall–Kier alpha value is -2.36. The summed E-state index contributed by atoms with van der Waals surface area (Å²) in [7, 11) is -2.02. The van der Waals surface area contributed by atoms with Gasteiger partial charge >= 0.3 is 4.87 Å². The number of amides is 1. The maximum absolute atomic E-state index is 12.5. The number of nitrogens with one attached hydrogen (secondary N) is 1. The molecule has 0 saturated heterocycles. The van der Waals surface area contributed by atoms with Gasteiger partial charge in [0.05, 0.1) is 22.2 Å². The van der Waals surface area contributed by atoms with Gasteiger partial charge in [-0.1, -0.05) is 29.0 Å². The smallest absolute Gasteiger partial charge is 0.307 e. The van der Waals surface area contributed by atoms with E-state index >= 15 is 0 Å². The van der Waals surface area contributed by atoms with Gasteiger partial charge in [0.1, 0.15) is 6.54 Å². The van der Waals surface area contributed by atoms with Gasteiger partial charge in [0.15, 0.2) is 0 Å². The molecule has 0 aliphatic carbocycles. The van der Waals surface area contributed by atoms with E-state index in [1.54, 1.807) is 44.3 Å². The zero-order valence-electron chi connectivity index (χ0n) is 15.4. The van der Waals surface area contributed by atoms with Crippen molar-refractivity contribution in [2.75, 3.05) is 22.4 Å². The van der Waals surface area contributed by atoms with Crippen molar-refractivity contribution in [1.29, 1.82) is 0 Å². The lowest BCUT2D eigenvalue weighted by atomic mass is 10.2. The molecule has 0 saturated carbocycles. The molecule has 10 heteroatoms. The van der Waals surface area contributed by atoms with Crippen LogP contribution < -0.4 is 14.5 Å². The van der Waals surface area contributed by atoms with E-state index in [4.69, 9.17) is 11.6 Å². The molecule has 0 radical (unpaired) electrons. The molecule has 7 nitrogen and oxygen atoms in total. The fourth-order valence-electron chi connectivity index (χ4n) is 2.68. The van der Waals surface area contributed by atoms with Crippen molar-refractivity contribution in [3.8, 4) is 0 Å². The lowest BCUT2D eigenvalue weighted by Crippen LogP contribution is -2.37. The molecule has 0 aliphatic heterocycles. The normalized spacial score (nSPS) is 11.6. The Labute approximate surface area is 171 Å². The summed E-state index contributed by atoms with van der Waals surface area (Å²) in [6.45, 7) is 1.40.